The van der Waals surface area contributed by atoms with Gasteiger partial charge in [-0.1, -0.05) is 141 Å². The molecule has 0 saturated carbocycles. The smallest absolute Gasteiger partial charge is 0.265 e. The van der Waals surface area contributed by atoms with Gasteiger partial charge in [0.2, 0.25) is 5.90 Å². The molecular weight excluding hydrogens is 505 g/mol. The summed E-state index contributed by atoms with van der Waals surface area (Å²) in [4.78, 5) is 0. The number of ether oxygens (including phenoxy) is 1. The second-order valence-corrected chi connectivity index (χ2v) is 15.8. The van der Waals surface area contributed by atoms with Crippen LogP contribution in [0.4, 0.5) is 0 Å². The minimum absolute atomic E-state index is 0.102. The van der Waals surface area contributed by atoms with Crippen molar-refractivity contribution in [1.29, 1.82) is 5.41 Å². The molecule has 0 bridgehead atoms. The maximum absolute atomic E-state index is 7.69. The van der Waals surface area contributed by atoms with Gasteiger partial charge in [0.15, 0.2) is 0 Å². The van der Waals surface area contributed by atoms with Crippen molar-refractivity contribution in [3.63, 3.8) is 0 Å². The van der Waals surface area contributed by atoms with Gasteiger partial charge >= 0.3 is 0 Å². The number of hydrogen-bond acceptors (Lipinski definition) is 3. The Kier molecular flexibility index (Phi) is 8.54. The highest BCUT2D eigenvalue weighted by Crippen LogP contribution is 2.39. The average Bonchev–Trinajstić information content (AvgIpc) is 2.81. The molecule has 0 saturated heterocycles. The topological polar surface area (TPSA) is 42.3 Å². The van der Waals surface area contributed by atoms with Gasteiger partial charge in [-0.15, -0.1) is 0 Å². The van der Waals surface area contributed by atoms with Gasteiger partial charge in [0.05, 0.1) is 6.10 Å². The van der Waals surface area contributed by atoms with Crippen LogP contribution >= 0.6 is 34.8 Å². The van der Waals surface area contributed by atoms with E-state index in [4.69, 9.17) is 49.4 Å². The summed E-state index contributed by atoms with van der Waals surface area (Å²) in [6, 6.07) is 29.2. The first-order valence-electron chi connectivity index (χ1n) is 11.1. The first-order valence-corrected chi connectivity index (χ1v) is 14.2. The fraction of sp³-hybridized carbons (Fsp3) is 0.296. The molecule has 0 spiro atoms. The fourth-order valence-electron chi connectivity index (χ4n) is 4.15. The summed E-state index contributed by atoms with van der Waals surface area (Å²) in [7, 11) is -2.66. The van der Waals surface area contributed by atoms with Gasteiger partial charge in [0.25, 0.3) is 12.1 Å². The highest BCUT2D eigenvalue weighted by Gasteiger charge is 2.51. The van der Waals surface area contributed by atoms with Gasteiger partial charge in [0, 0.05) is 0 Å². The van der Waals surface area contributed by atoms with Crippen molar-refractivity contribution in [3.8, 4) is 0 Å². The summed E-state index contributed by atoms with van der Waals surface area (Å²) in [5, 5.41) is 10.1. The maximum Gasteiger partial charge on any atom is 0.265 e. The molecule has 0 amide bonds. The van der Waals surface area contributed by atoms with E-state index in [0.29, 0.717) is 0 Å². The van der Waals surface area contributed by atoms with Crippen molar-refractivity contribution in [3.05, 3.63) is 96.1 Å². The molecule has 0 fully saturated rings. The molecule has 34 heavy (non-hydrogen) atoms. The molecular formula is C27H30Cl3NO2Si. The van der Waals surface area contributed by atoms with Crippen molar-refractivity contribution < 1.29 is 9.16 Å². The van der Waals surface area contributed by atoms with E-state index < -0.39 is 18.0 Å². The molecule has 0 aliphatic heterocycles. The number of benzene rings is 3. The van der Waals surface area contributed by atoms with Crippen LogP contribution in [0.2, 0.25) is 5.04 Å². The number of halogens is 3. The van der Waals surface area contributed by atoms with Gasteiger partial charge in [-0.2, -0.15) is 0 Å². The number of hydrogen-bond donors (Lipinski definition) is 1. The molecule has 0 heterocycles. The molecule has 0 aliphatic rings. The Morgan fingerprint density at radius 3 is 1.71 bits per heavy atom. The predicted octanol–water partition coefficient (Wildman–Crippen LogP) is 7.19. The van der Waals surface area contributed by atoms with Gasteiger partial charge in [0.1, 0.15) is 6.61 Å². The number of alkyl halides is 3. The Morgan fingerprint density at radius 2 is 1.29 bits per heavy atom. The SMILES string of the molecule is CC(O[Si](c1ccccc1)(c1ccccc1)C(C)(C)C)c1ccc(COC(=N)C(Cl)(Cl)Cl)cc1. The summed E-state index contributed by atoms with van der Waals surface area (Å²) in [6.07, 6.45) is -0.138. The lowest BCUT2D eigenvalue weighted by Crippen LogP contribution is -2.66. The van der Waals surface area contributed by atoms with Crippen molar-refractivity contribution in [2.24, 2.45) is 0 Å². The molecule has 1 N–H and O–H groups in total. The molecule has 3 aromatic carbocycles. The Balaban J connectivity index is 1.91. The van der Waals surface area contributed by atoms with Crippen LogP contribution in [0.5, 0.6) is 0 Å². The van der Waals surface area contributed by atoms with Crippen molar-refractivity contribution in [2.45, 2.75) is 49.2 Å². The maximum atomic E-state index is 7.69. The first-order chi connectivity index (χ1) is 15.9. The minimum atomic E-state index is -2.66. The zero-order chi connectivity index (χ0) is 25.0. The summed E-state index contributed by atoms with van der Waals surface area (Å²) < 4.78 is 10.6. The van der Waals surface area contributed by atoms with Crippen molar-refractivity contribution in [1.82, 2.24) is 0 Å². The van der Waals surface area contributed by atoms with Crippen LogP contribution in [-0.4, -0.2) is 18.0 Å². The molecule has 0 radical (unpaired) electrons. The standard InChI is InChI=1S/C27H30Cl3NO2Si/c1-20(22-17-15-21(16-18-22)19-32-25(31)27(28,29)30)33-34(26(2,3)4,23-11-7-5-8-12-23)24-13-9-6-10-14-24/h5-18,20,31H,19H2,1-4H3. The van der Waals surface area contributed by atoms with E-state index in [2.05, 4.69) is 76.2 Å². The van der Waals surface area contributed by atoms with Crippen LogP contribution < -0.4 is 10.4 Å². The second-order valence-electron chi connectivity index (χ2n) is 9.28. The van der Waals surface area contributed by atoms with Gasteiger partial charge in [-0.3, -0.25) is 5.41 Å². The van der Waals surface area contributed by atoms with Crippen molar-refractivity contribution in [2.75, 3.05) is 0 Å². The third-order valence-electron chi connectivity index (χ3n) is 5.86. The van der Waals surface area contributed by atoms with Crippen LogP contribution in [-0.2, 0) is 15.8 Å². The van der Waals surface area contributed by atoms with Gasteiger partial charge in [-0.05, 0) is 33.5 Å². The molecule has 3 aromatic rings. The van der Waals surface area contributed by atoms with E-state index in [0.717, 1.165) is 11.1 Å². The highest BCUT2D eigenvalue weighted by molar-refractivity contribution is 6.99. The van der Waals surface area contributed by atoms with E-state index in [1.54, 1.807) is 0 Å². The molecule has 1 unspecified atom stereocenters. The molecule has 1 atom stereocenters. The van der Waals surface area contributed by atoms with E-state index in [1.807, 2.05) is 36.4 Å². The first kappa shape index (κ1) is 26.8. The summed E-state index contributed by atoms with van der Waals surface area (Å²) in [5.41, 5.74) is 1.94. The Morgan fingerprint density at radius 1 is 0.824 bits per heavy atom. The van der Waals surface area contributed by atoms with E-state index in [-0.39, 0.29) is 17.7 Å². The predicted molar refractivity (Wildman–Crippen MR) is 146 cm³/mol. The molecule has 180 valence electrons. The zero-order valence-corrected chi connectivity index (χ0v) is 23.1. The Bertz CT molecular complexity index is 1040. The summed E-state index contributed by atoms with van der Waals surface area (Å²) in [5.74, 6) is -0.398. The lowest BCUT2D eigenvalue weighted by Gasteiger charge is -2.44. The second kappa shape index (κ2) is 10.8. The van der Waals surface area contributed by atoms with Gasteiger partial charge < -0.3 is 9.16 Å². The quantitative estimate of drug-likeness (QED) is 0.151. The van der Waals surface area contributed by atoms with E-state index in [9.17, 15) is 0 Å². The lowest BCUT2D eigenvalue weighted by atomic mass is 10.1. The average molecular weight is 535 g/mol. The normalized spacial score (nSPS) is 13.4. The van der Waals surface area contributed by atoms with Crippen LogP contribution in [0.3, 0.4) is 0 Å². The largest absolute Gasteiger partial charge is 0.473 e. The van der Waals surface area contributed by atoms with Crippen LogP contribution in [0.25, 0.3) is 0 Å². The number of nitrogens with one attached hydrogen (secondary N) is 1. The monoisotopic (exact) mass is 533 g/mol. The summed E-state index contributed by atoms with van der Waals surface area (Å²) in [6.45, 7) is 9.06. The molecule has 0 aromatic heterocycles. The zero-order valence-electron chi connectivity index (χ0n) is 19.8. The minimum Gasteiger partial charge on any atom is -0.473 e. The van der Waals surface area contributed by atoms with Crippen molar-refractivity contribution >= 4 is 59.4 Å². The van der Waals surface area contributed by atoms with E-state index >= 15 is 0 Å². The van der Waals surface area contributed by atoms with Crippen LogP contribution in [0.1, 0.15) is 44.9 Å². The molecule has 3 nitrogen and oxygen atoms in total. The number of rotatable bonds is 7. The molecule has 3 rings (SSSR count). The third-order valence-corrected chi connectivity index (χ3v) is 11.5. The summed E-state index contributed by atoms with van der Waals surface area (Å²) >= 11 is 17.1. The Labute approximate surface area is 218 Å². The van der Waals surface area contributed by atoms with Gasteiger partial charge in [-0.25, -0.2) is 0 Å². The third kappa shape index (κ3) is 6.05. The highest BCUT2D eigenvalue weighted by atomic mass is 35.6. The van der Waals surface area contributed by atoms with Crippen LogP contribution in [0.15, 0.2) is 84.9 Å². The van der Waals surface area contributed by atoms with Crippen LogP contribution in [0, 0.1) is 5.41 Å². The lowest BCUT2D eigenvalue weighted by molar-refractivity contribution is 0.210. The molecule has 0 aliphatic carbocycles. The Hall–Kier alpha value is -1.82. The molecule has 7 heteroatoms. The fourth-order valence-corrected chi connectivity index (χ4v) is 8.99. The van der Waals surface area contributed by atoms with E-state index in [1.165, 1.54) is 10.4 Å².